The highest BCUT2D eigenvalue weighted by Crippen LogP contribution is 2.11. The Hall–Kier alpha value is -1.56. The molecular formula is C14H18. The fraction of sp³-hybridized carbons (Fsp3) is 0.143. The lowest BCUT2D eigenvalue weighted by atomic mass is 10.1. The standard InChI is InChI=1S/C14H18/c1-5-8-10-13(4)12-14(7-3)11-9-6-2/h5-11H,1-2,4,12H2,3H3/b10-8-,11-9-,14-7+. The molecule has 0 N–H and O–H groups in total. The van der Waals surface area contributed by atoms with Crippen LogP contribution in [0, 0.1) is 0 Å². The zero-order valence-corrected chi connectivity index (χ0v) is 8.87. The van der Waals surface area contributed by atoms with Gasteiger partial charge in [-0.25, -0.2) is 0 Å². The monoisotopic (exact) mass is 186 g/mol. The Kier molecular flexibility index (Phi) is 7.16. The van der Waals surface area contributed by atoms with Crippen LogP contribution in [-0.2, 0) is 0 Å². The number of hydrogen-bond acceptors (Lipinski definition) is 0. The predicted molar refractivity (Wildman–Crippen MR) is 66.2 cm³/mol. The minimum Gasteiger partial charge on any atom is -0.0991 e. The van der Waals surface area contributed by atoms with Gasteiger partial charge in [0.15, 0.2) is 0 Å². The molecule has 0 aliphatic rings. The van der Waals surface area contributed by atoms with Gasteiger partial charge in [0.2, 0.25) is 0 Å². The van der Waals surface area contributed by atoms with Gasteiger partial charge in [-0.3, -0.25) is 0 Å². The molecule has 0 bridgehead atoms. The first kappa shape index (κ1) is 12.4. The van der Waals surface area contributed by atoms with Crippen molar-refractivity contribution in [3.63, 3.8) is 0 Å². The van der Waals surface area contributed by atoms with E-state index in [2.05, 4.69) is 25.8 Å². The van der Waals surface area contributed by atoms with Crippen LogP contribution in [0.2, 0.25) is 0 Å². The van der Waals surface area contributed by atoms with Gasteiger partial charge in [-0.2, -0.15) is 0 Å². The molecule has 0 nitrogen and oxygen atoms in total. The van der Waals surface area contributed by atoms with Crippen LogP contribution in [0.15, 0.2) is 73.4 Å². The van der Waals surface area contributed by atoms with Gasteiger partial charge in [-0.1, -0.05) is 67.8 Å². The Morgan fingerprint density at radius 3 is 2.14 bits per heavy atom. The normalized spacial score (nSPS) is 12.2. The fourth-order valence-corrected chi connectivity index (χ4v) is 0.974. The van der Waals surface area contributed by atoms with E-state index in [0.717, 1.165) is 12.0 Å². The third-order valence-electron chi connectivity index (χ3n) is 1.72. The molecule has 0 aromatic carbocycles. The Bertz CT molecular complexity index is 285. The van der Waals surface area contributed by atoms with E-state index >= 15 is 0 Å². The largest absolute Gasteiger partial charge is 0.0991 e. The molecular weight excluding hydrogens is 168 g/mol. The first-order valence-electron chi connectivity index (χ1n) is 4.65. The molecule has 0 aliphatic carbocycles. The predicted octanol–water partition coefficient (Wildman–Crippen LogP) is 4.36. The van der Waals surface area contributed by atoms with E-state index in [0.29, 0.717) is 0 Å². The van der Waals surface area contributed by atoms with E-state index in [1.165, 1.54) is 5.57 Å². The molecule has 0 rings (SSSR count). The van der Waals surface area contributed by atoms with Crippen molar-refractivity contribution in [2.45, 2.75) is 13.3 Å². The molecule has 0 spiro atoms. The third kappa shape index (κ3) is 6.01. The van der Waals surface area contributed by atoms with Gasteiger partial charge in [0.05, 0.1) is 0 Å². The maximum absolute atomic E-state index is 3.95. The van der Waals surface area contributed by atoms with Crippen molar-refractivity contribution < 1.29 is 0 Å². The molecule has 0 aliphatic heterocycles. The van der Waals surface area contributed by atoms with Crippen molar-refractivity contribution in [3.05, 3.63) is 73.4 Å². The van der Waals surface area contributed by atoms with Gasteiger partial charge < -0.3 is 0 Å². The van der Waals surface area contributed by atoms with E-state index < -0.39 is 0 Å². The molecule has 0 unspecified atom stereocenters. The van der Waals surface area contributed by atoms with E-state index in [9.17, 15) is 0 Å². The first-order chi connectivity index (χ1) is 6.74. The third-order valence-corrected chi connectivity index (χ3v) is 1.72. The van der Waals surface area contributed by atoms with Crippen molar-refractivity contribution in [2.24, 2.45) is 0 Å². The van der Waals surface area contributed by atoms with Crippen LogP contribution in [0.1, 0.15) is 13.3 Å². The maximum Gasteiger partial charge on any atom is -0.00349 e. The Labute approximate surface area is 87.3 Å². The zero-order chi connectivity index (χ0) is 10.8. The van der Waals surface area contributed by atoms with E-state index in [-0.39, 0.29) is 0 Å². The van der Waals surface area contributed by atoms with Gasteiger partial charge in [-0.15, -0.1) is 0 Å². The Balaban J connectivity index is 4.26. The lowest BCUT2D eigenvalue weighted by molar-refractivity contribution is 1.21. The van der Waals surface area contributed by atoms with Crippen LogP contribution < -0.4 is 0 Å². The SMILES string of the molecule is C=C/C=C\C(=C)CC(/C=C\C=C)=C/C. The van der Waals surface area contributed by atoms with Crippen molar-refractivity contribution in [3.8, 4) is 0 Å². The lowest BCUT2D eigenvalue weighted by Gasteiger charge is -2.00. The second-order valence-corrected chi connectivity index (χ2v) is 2.89. The first-order valence-corrected chi connectivity index (χ1v) is 4.65. The maximum atomic E-state index is 3.95. The molecule has 14 heavy (non-hydrogen) atoms. The van der Waals surface area contributed by atoms with E-state index in [1.807, 2.05) is 31.2 Å². The molecule has 0 saturated carbocycles. The van der Waals surface area contributed by atoms with Gasteiger partial charge in [0.1, 0.15) is 0 Å². The van der Waals surface area contributed by atoms with E-state index in [4.69, 9.17) is 0 Å². The molecule has 74 valence electrons. The van der Waals surface area contributed by atoms with Crippen LogP contribution in [-0.4, -0.2) is 0 Å². The molecule has 0 fully saturated rings. The number of allylic oxidation sites excluding steroid dienone is 9. The summed E-state index contributed by atoms with van der Waals surface area (Å²) in [7, 11) is 0. The van der Waals surface area contributed by atoms with Gasteiger partial charge in [0, 0.05) is 0 Å². The topological polar surface area (TPSA) is 0 Å². The summed E-state index contributed by atoms with van der Waals surface area (Å²) in [5.74, 6) is 0. The van der Waals surface area contributed by atoms with Crippen LogP contribution >= 0.6 is 0 Å². The van der Waals surface area contributed by atoms with Crippen molar-refractivity contribution in [1.29, 1.82) is 0 Å². The summed E-state index contributed by atoms with van der Waals surface area (Å²) in [5, 5.41) is 0. The van der Waals surface area contributed by atoms with Crippen LogP contribution in [0.25, 0.3) is 0 Å². The van der Waals surface area contributed by atoms with Gasteiger partial charge >= 0.3 is 0 Å². The molecule has 0 saturated heterocycles. The number of hydrogen-bond donors (Lipinski definition) is 0. The Morgan fingerprint density at radius 2 is 1.64 bits per heavy atom. The highest BCUT2D eigenvalue weighted by Gasteiger charge is 1.92. The fourth-order valence-electron chi connectivity index (χ4n) is 0.974. The minimum absolute atomic E-state index is 0.866. The van der Waals surface area contributed by atoms with Crippen molar-refractivity contribution in [2.75, 3.05) is 0 Å². The summed E-state index contributed by atoms with van der Waals surface area (Å²) in [6, 6.07) is 0. The molecule has 0 atom stereocenters. The van der Waals surface area contributed by atoms with E-state index in [1.54, 1.807) is 12.2 Å². The highest BCUT2D eigenvalue weighted by molar-refractivity contribution is 5.30. The van der Waals surface area contributed by atoms with Gasteiger partial charge in [0.25, 0.3) is 0 Å². The summed E-state index contributed by atoms with van der Waals surface area (Å²) in [6.07, 6.45) is 14.3. The summed E-state index contributed by atoms with van der Waals surface area (Å²) in [6.45, 7) is 13.2. The van der Waals surface area contributed by atoms with Gasteiger partial charge in [-0.05, 0) is 18.9 Å². The molecule has 0 aromatic heterocycles. The summed E-state index contributed by atoms with van der Waals surface area (Å²) < 4.78 is 0. The second kappa shape index (κ2) is 8.06. The quantitative estimate of drug-likeness (QED) is 0.540. The molecule has 0 heteroatoms. The summed E-state index contributed by atoms with van der Waals surface area (Å²) in [5.41, 5.74) is 2.32. The highest BCUT2D eigenvalue weighted by atomic mass is 14.0. The number of rotatable bonds is 6. The molecule has 0 heterocycles. The average Bonchev–Trinajstić information content (AvgIpc) is 2.21. The molecule has 0 amide bonds. The van der Waals surface area contributed by atoms with Crippen molar-refractivity contribution >= 4 is 0 Å². The van der Waals surface area contributed by atoms with Crippen LogP contribution in [0.3, 0.4) is 0 Å². The lowest BCUT2D eigenvalue weighted by Crippen LogP contribution is -1.80. The smallest absolute Gasteiger partial charge is 0.00349 e. The summed E-state index contributed by atoms with van der Waals surface area (Å²) in [4.78, 5) is 0. The summed E-state index contributed by atoms with van der Waals surface area (Å²) >= 11 is 0. The van der Waals surface area contributed by atoms with Crippen molar-refractivity contribution in [1.82, 2.24) is 0 Å². The Morgan fingerprint density at radius 1 is 1.07 bits per heavy atom. The zero-order valence-electron chi connectivity index (χ0n) is 8.87. The second-order valence-electron chi connectivity index (χ2n) is 2.89. The average molecular weight is 186 g/mol. The molecule has 0 aromatic rings. The van der Waals surface area contributed by atoms with Crippen LogP contribution in [0.4, 0.5) is 0 Å². The minimum atomic E-state index is 0.866. The molecule has 0 radical (unpaired) electrons. The van der Waals surface area contributed by atoms with Crippen LogP contribution in [0.5, 0.6) is 0 Å².